The van der Waals surface area contributed by atoms with E-state index in [1.54, 1.807) is 0 Å². The van der Waals surface area contributed by atoms with E-state index in [9.17, 15) is 0 Å². The van der Waals surface area contributed by atoms with Crippen LogP contribution in [-0.2, 0) is 0 Å². The molecule has 1 aromatic heterocycles. The number of hydrogen-bond donors (Lipinski definition) is 1. The zero-order valence-corrected chi connectivity index (χ0v) is 14.0. The Balaban J connectivity index is 2.01. The summed E-state index contributed by atoms with van der Waals surface area (Å²) in [6, 6.07) is 27.4. The number of fused-ring (bicyclic) bond motifs is 10. The van der Waals surface area contributed by atoms with Gasteiger partial charge in [0.05, 0.1) is 5.69 Å². The molecule has 0 fully saturated rings. The summed E-state index contributed by atoms with van der Waals surface area (Å²) in [6.07, 6.45) is 0. The van der Waals surface area contributed by atoms with Gasteiger partial charge in [-0.05, 0) is 39.1 Å². The van der Waals surface area contributed by atoms with Gasteiger partial charge in [0.25, 0.3) is 0 Å². The zero-order chi connectivity index (χ0) is 17.3. The van der Waals surface area contributed by atoms with Gasteiger partial charge in [-0.3, -0.25) is 0 Å². The number of nitrogen functional groups attached to an aromatic ring is 1. The minimum Gasteiger partial charge on any atom is -0.453 e. The van der Waals surface area contributed by atoms with Crippen molar-refractivity contribution >= 4 is 59.9 Å². The molecular formula is C24H15NO. The maximum atomic E-state index is 6.33. The molecule has 0 radical (unpaired) electrons. The molecule has 2 nitrogen and oxygen atoms in total. The number of nitrogens with two attached hydrogens (primary N) is 1. The van der Waals surface area contributed by atoms with E-state index in [1.807, 2.05) is 12.1 Å². The topological polar surface area (TPSA) is 39.2 Å². The summed E-state index contributed by atoms with van der Waals surface area (Å²) in [7, 11) is 0. The molecule has 6 rings (SSSR count). The van der Waals surface area contributed by atoms with Gasteiger partial charge in [-0.2, -0.15) is 0 Å². The lowest BCUT2D eigenvalue weighted by atomic mass is 9.93. The molecule has 0 saturated carbocycles. The first-order valence-corrected chi connectivity index (χ1v) is 8.76. The Morgan fingerprint density at radius 2 is 0.962 bits per heavy atom. The highest BCUT2D eigenvalue weighted by molar-refractivity contribution is 6.32. The predicted molar refractivity (Wildman–Crippen MR) is 111 cm³/mol. The van der Waals surface area contributed by atoms with E-state index < -0.39 is 0 Å². The van der Waals surface area contributed by atoms with Crippen LogP contribution in [-0.4, -0.2) is 0 Å². The van der Waals surface area contributed by atoms with E-state index in [0.717, 1.165) is 27.3 Å². The molecule has 0 unspecified atom stereocenters. The fraction of sp³-hybridized carbons (Fsp3) is 0. The summed E-state index contributed by atoms with van der Waals surface area (Å²) in [5.41, 5.74) is 8.54. The van der Waals surface area contributed by atoms with Crippen LogP contribution in [0.1, 0.15) is 0 Å². The molecule has 5 aromatic carbocycles. The molecule has 2 N–H and O–H groups in total. The number of benzene rings is 5. The molecule has 6 aromatic rings. The molecule has 0 spiro atoms. The Hall–Kier alpha value is -3.52. The molecule has 1 heterocycles. The van der Waals surface area contributed by atoms with E-state index in [4.69, 9.17) is 10.2 Å². The van der Waals surface area contributed by atoms with Gasteiger partial charge in [0, 0.05) is 16.2 Å². The largest absolute Gasteiger partial charge is 0.453 e. The van der Waals surface area contributed by atoms with Crippen LogP contribution < -0.4 is 5.73 Å². The quantitative estimate of drug-likeness (QED) is 0.250. The van der Waals surface area contributed by atoms with Crippen LogP contribution in [0.25, 0.3) is 54.3 Å². The molecule has 0 aliphatic rings. The number of hydrogen-bond acceptors (Lipinski definition) is 2. The second kappa shape index (κ2) is 4.77. The van der Waals surface area contributed by atoms with Crippen molar-refractivity contribution in [3.05, 3.63) is 78.9 Å². The maximum absolute atomic E-state index is 6.33. The maximum Gasteiger partial charge on any atom is 0.158 e. The van der Waals surface area contributed by atoms with Crippen LogP contribution in [0.4, 0.5) is 5.69 Å². The van der Waals surface area contributed by atoms with Gasteiger partial charge in [-0.15, -0.1) is 0 Å². The second-order valence-electron chi connectivity index (χ2n) is 6.78. The number of anilines is 1. The molecule has 0 atom stereocenters. The third kappa shape index (κ3) is 1.61. The highest BCUT2D eigenvalue weighted by Gasteiger charge is 2.16. The van der Waals surface area contributed by atoms with Gasteiger partial charge in [-0.1, -0.05) is 66.7 Å². The lowest BCUT2D eigenvalue weighted by Crippen LogP contribution is -1.83. The Labute approximate surface area is 149 Å². The lowest BCUT2D eigenvalue weighted by Gasteiger charge is -2.10. The van der Waals surface area contributed by atoms with Crippen molar-refractivity contribution in [2.24, 2.45) is 0 Å². The van der Waals surface area contributed by atoms with Crippen molar-refractivity contribution in [3.8, 4) is 0 Å². The van der Waals surface area contributed by atoms with Crippen molar-refractivity contribution in [1.82, 2.24) is 0 Å². The Morgan fingerprint density at radius 1 is 0.462 bits per heavy atom. The van der Waals surface area contributed by atoms with Crippen LogP contribution >= 0.6 is 0 Å². The number of para-hydroxylation sites is 1. The molecule has 0 bridgehead atoms. The third-order valence-electron chi connectivity index (χ3n) is 5.40. The molecule has 0 amide bonds. The fourth-order valence-electron chi connectivity index (χ4n) is 4.26. The predicted octanol–water partition coefficient (Wildman–Crippen LogP) is 6.63. The average Bonchev–Trinajstić information content (AvgIpc) is 3.08. The van der Waals surface area contributed by atoms with Gasteiger partial charge in [-0.25, -0.2) is 0 Å². The van der Waals surface area contributed by atoms with Gasteiger partial charge < -0.3 is 10.2 Å². The number of rotatable bonds is 0. The minimum absolute atomic E-state index is 0.678. The van der Waals surface area contributed by atoms with E-state index >= 15 is 0 Å². The van der Waals surface area contributed by atoms with Crippen LogP contribution in [0.2, 0.25) is 0 Å². The van der Waals surface area contributed by atoms with Crippen LogP contribution in [0.3, 0.4) is 0 Å². The summed E-state index contributed by atoms with van der Waals surface area (Å²) in [6.45, 7) is 0. The first-order chi connectivity index (χ1) is 12.8. The third-order valence-corrected chi connectivity index (χ3v) is 5.40. The lowest BCUT2D eigenvalue weighted by molar-refractivity contribution is 0.674. The first-order valence-electron chi connectivity index (χ1n) is 8.76. The summed E-state index contributed by atoms with van der Waals surface area (Å²) in [5, 5.41) is 9.53. The summed E-state index contributed by atoms with van der Waals surface area (Å²) in [5.74, 6) is 0. The van der Waals surface area contributed by atoms with Crippen molar-refractivity contribution in [2.45, 2.75) is 0 Å². The zero-order valence-electron chi connectivity index (χ0n) is 14.0. The monoisotopic (exact) mass is 333 g/mol. The molecule has 26 heavy (non-hydrogen) atoms. The van der Waals surface area contributed by atoms with Crippen molar-refractivity contribution in [2.75, 3.05) is 5.73 Å². The van der Waals surface area contributed by atoms with Gasteiger partial charge in [0.15, 0.2) is 5.58 Å². The van der Waals surface area contributed by atoms with Crippen molar-refractivity contribution in [1.29, 1.82) is 0 Å². The smallest absolute Gasteiger partial charge is 0.158 e. The Morgan fingerprint density at radius 3 is 1.69 bits per heavy atom. The summed E-state index contributed by atoms with van der Waals surface area (Å²) in [4.78, 5) is 0. The van der Waals surface area contributed by atoms with Crippen LogP contribution in [0.5, 0.6) is 0 Å². The first kappa shape index (κ1) is 13.7. The van der Waals surface area contributed by atoms with Crippen molar-refractivity contribution < 1.29 is 4.42 Å². The van der Waals surface area contributed by atoms with Crippen LogP contribution in [0.15, 0.2) is 83.3 Å². The molecule has 2 heteroatoms. The molecular weight excluding hydrogens is 318 g/mol. The molecule has 122 valence electrons. The standard InChI is InChI=1S/C24H15NO/c25-21-11-5-10-19-20-13-12-18-16-8-2-1-6-14(16)15-7-3-4-9-17(15)22(18)24(20)26-23(19)21/h1-13H,25H2. The van der Waals surface area contributed by atoms with Crippen molar-refractivity contribution in [3.63, 3.8) is 0 Å². The molecule has 0 aliphatic carbocycles. The minimum atomic E-state index is 0.678. The fourth-order valence-corrected chi connectivity index (χ4v) is 4.26. The highest BCUT2D eigenvalue weighted by atomic mass is 16.3. The van der Waals surface area contributed by atoms with E-state index in [0.29, 0.717) is 5.69 Å². The number of furan rings is 1. The van der Waals surface area contributed by atoms with E-state index in [-0.39, 0.29) is 0 Å². The van der Waals surface area contributed by atoms with E-state index in [2.05, 4.69) is 66.7 Å². The second-order valence-corrected chi connectivity index (χ2v) is 6.78. The van der Waals surface area contributed by atoms with Gasteiger partial charge >= 0.3 is 0 Å². The normalized spacial score (nSPS) is 12.0. The molecule has 0 saturated heterocycles. The van der Waals surface area contributed by atoms with Gasteiger partial charge in [0.2, 0.25) is 0 Å². The average molecular weight is 333 g/mol. The summed E-state index contributed by atoms with van der Waals surface area (Å²) < 4.78 is 6.33. The highest BCUT2D eigenvalue weighted by Crippen LogP contribution is 2.42. The molecule has 0 aliphatic heterocycles. The Bertz CT molecular complexity index is 1460. The SMILES string of the molecule is Nc1cccc2c1oc1c2ccc2c3ccccc3c3ccccc3c21. The Kier molecular flexibility index (Phi) is 2.52. The van der Waals surface area contributed by atoms with Crippen LogP contribution in [0, 0.1) is 0 Å². The van der Waals surface area contributed by atoms with Gasteiger partial charge in [0.1, 0.15) is 5.58 Å². The summed E-state index contributed by atoms with van der Waals surface area (Å²) >= 11 is 0. The van der Waals surface area contributed by atoms with E-state index in [1.165, 1.54) is 26.9 Å².